The topological polar surface area (TPSA) is 58.6 Å². The predicted molar refractivity (Wildman–Crippen MR) is 114 cm³/mol. The molecule has 2 amide bonds. The maximum absolute atomic E-state index is 13.0. The van der Waals surface area contributed by atoms with Crippen molar-refractivity contribution in [2.24, 2.45) is 0 Å². The van der Waals surface area contributed by atoms with E-state index in [2.05, 4.69) is 35.8 Å². The van der Waals surface area contributed by atoms with Crippen LogP contribution in [0, 0.1) is 0 Å². The van der Waals surface area contributed by atoms with E-state index in [4.69, 9.17) is 4.74 Å². The van der Waals surface area contributed by atoms with Crippen molar-refractivity contribution in [1.29, 1.82) is 0 Å². The van der Waals surface area contributed by atoms with Gasteiger partial charge in [-0.3, -0.25) is 9.59 Å². The molecule has 2 aromatic carbocycles. The highest BCUT2D eigenvalue weighted by atomic mass is 32.2. The number of thioether (sulfide) groups is 1. The van der Waals surface area contributed by atoms with E-state index in [1.807, 2.05) is 17.0 Å². The molecule has 0 saturated carbocycles. The third-order valence-corrected chi connectivity index (χ3v) is 6.31. The summed E-state index contributed by atoms with van der Waals surface area (Å²) in [5.41, 5.74) is 3.13. The largest absolute Gasteiger partial charge is 0.376 e. The number of amides is 2. The third-order valence-electron chi connectivity index (χ3n) is 5.56. The molecule has 6 heteroatoms. The summed E-state index contributed by atoms with van der Waals surface area (Å²) in [7, 11) is 0. The Labute approximate surface area is 175 Å². The van der Waals surface area contributed by atoms with Crippen molar-refractivity contribution < 1.29 is 14.3 Å². The van der Waals surface area contributed by atoms with Gasteiger partial charge in [0.2, 0.25) is 0 Å². The van der Waals surface area contributed by atoms with Crippen LogP contribution in [0.2, 0.25) is 0 Å². The first-order valence-corrected chi connectivity index (χ1v) is 11.3. The van der Waals surface area contributed by atoms with Gasteiger partial charge in [0.25, 0.3) is 11.8 Å². The maximum Gasteiger partial charge on any atom is 0.255 e. The van der Waals surface area contributed by atoms with E-state index in [-0.39, 0.29) is 17.9 Å². The molecule has 2 aliphatic heterocycles. The standard InChI is InChI=1S/C23H26N2O3S/c1-29-19-9-7-16(8-10-19)11-12-24-22(26)20-6-2-4-17-14-25(23(27)21(17)20)15-18-5-3-13-28-18/h2,4,6-10,18H,3,5,11-15H2,1H3,(H,24,26). The van der Waals surface area contributed by atoms with Crippen LogP contribution in [0.25, 0.3) is 0 Å². The zero-order valence-corrected chi connectivity index (χ0v) is 17.5. The molecule has 0 aliphatic carbocycles. The van der Waals surface area contributed by atoms with Gasteiger partial charge in [0.15, 0.2) is 0 Å². The lowest BCUT2D eigenvalue weighted by molar-refractivity contribution is 0.0544. The van der Waals surface area contributed by atoms with Gasteiger partial charge in [-0.2, -0.15) is 0 Å². The number of hydrogen-bond acceptors (Lipinski definition) is 4. The summed E-state index contributed by atoms with van der Waals surface area (Å²) in [6.45, 7) is 2.46. The van der Waals surface area contributed by atoms with E-state index < -0.39 is 0 Å². The number of carbonyl (C=O) groups is 2. The Morgan fingerprint density at radius 3 is 2.79 bits per heavy atom. The summed E-state index contributed by atoms with van der Waals surface area (Å²) in [6.07, 6.45) is 4.97. The lowest BCUT2D eigenvalue weighted by Crippen LogP contribution is -2.33. The maximum atomic E-state index is 13.0. The second-order valence-corrected chi connectivity index (χ2v) is 8.39. The Hall–Kier alpha value is -2.31. The van der Waals surface area contributed by atoms with Crippen molar-refractivity contribution in [2.75, 3.05) is 26.0 Å². The molecule has 2 heterocycles. The zero-order valence-electron chi connectivity index (χ0n) is 16.6. The van der Waals surface area contributed by atoms with Gasteiger partial charge < -0.3 is 15.0 Å². The van der Waals surface area contributed by atoms with Crippen LogP contribution in [-0.4, -0.2) is 48.8 Å². The van der Waals surface area contributed by atoms with Gasteiger partial charge in [0.05, 0.1) is 17.2 Å². The van der Waals surface area contributed by atoms with Crippen LogP contribution in [0.1, 0.15) is 44.7 Å². The van der Waals surface area contributed by atoms with Crippen LogP contribution in [0.4, 0.5) is 0 Å². The second kappa shape index (κ2) is 9.01. The van der Waals surface area contributed by atoms with Crippen LogP contribution < -0.4 is 5.32 Å². The lowest BCUT2D eigenvalue weighted by Gasteiger charge is -2.19. The molecule has 0 bridgehead atoms. The molecule has 2 aliphatic rings. The van der Waals surface area contributed by atoms with Crippen molar-refractivity contribution in [2.45, 2.75) is 36.8 Å². The number of fused-ring (bicyclic) bond motifs is 1. The Bertz CT molecular complexity index is 891. The van der Waals surface area contributed by atoms with Crippen LogP contribution in [0.3, 0.4) is 0 Å². The van der Waals surface area contributed by atoms with E-state index in [1.165, 1.54) is 10.5 Å². The molecule has 0 radical (unpaired) electrons. The monoisotopic (exact) mass is 410 g/mol. The fourth-order valence-corrected chi connectivity index (χ4v) is 4.41. The Kier molecular flexibility index (Phi) is 6.21. The SMILES string of the molecule is CSc1ccc(CCNC(=O)c2cccc3c2C(=O)N(CC2CCCO2)C3)cc1. The number of ether oxygens (including phenoxy) is 1. The van der Waals surface area contributed by atoms with Gasteiger partial charge in [-0.1, -0.05) is 24.3 Å². The van der Waals surface area contributed by atoms with Gasteiger partial charge in [0, 0.05) is 31.1 Å². The molecule has 5 nitrogen and oxygen atoms in total. The minimum absolute atomic E-state index is 0.0612. The number of hydrogen-bond donors (Lipinski definition) is 1. The number of benzene rings is 2. The zero-order chi connectivity index (χ0) is 20.2. The van der Waals surface area contributed by atoms with Gasteiger partial charge in [-0.05, 0) is 54.8 Å². The molecular formula is C23H26N2O3S. The van der Waals surface area contributed by atoms with Crippen molar-refractivity contribution >= 4 is 23.6 Å². The Morgan fingerprint density at radius 1 is 1.24 bits per heavy atom. The van der Waals surface area contributed by atoms with Crippen molar-refractivity contribution in [3.05, 3.63) is 64.7 Å². The number of rotatable bonds is 7. The van der Waals surface area contributed by atoms with Gasteiger partial charge in [-0.25, -0.2) is 0 Å². The number of nitrogens with zero attached hydrogens (tertiary/aromatic N) is 1. The normalized spacial score (nSPS) is 18.2. The predicted octanol–water partition coefficient (Wildman–Crippen LogP) is 3.52. The first kappa shape index (κ1) is 20.0. The fourth-order valence-electron chi connectivity index (χ4n) is 4.00. The molecule has 1 atom stereocenters. The van der Waals surface area contributed by atoms with E-state index in [0.29, 0.717) is 30.8 Å². The van der Waals surface area contributed by atoms with Gasteiger partial charge >= 0.3 is 0 Å². The summed E-state index contributed by atoms with van der Waals surface area (Å²) >= 11 is 1.71. The molecule has 1 N–H and O–H groups in total. The molecular weight excluding hydrogens is 384 g/mol. The first-order valence-electron chi connectivity index (χ1n) is 10.1. The highest BCUT2D eigenvalue weighted by Crippen LogP contribution is 2.27. The van der Waals surface area contributed by atoms with Crippen LogP contribution in [-0.2, 0) is 17.7 Å². The summed E-state index contributed by atoms with van der Waals surface area (Å²) in [6, 6.07) is 13.9. The summed E-state index contributed by atoms with van der Waals surface area (Å²) in [5, 5.41) is 2.97. The summed E-state index contributed by atoms with van der Waals surface area (Å²) in [4.78, 5) is 28.8. The molecule has 1 saturated heterocycles. The van der Waals surface area contributed by atoms with E-state index in [0.717, 1.165) is 31.4 Å². The minimum Gasteiger partial charge on any atom is -0.376 e. The van der Waals surface area contributed by atoms with E-state index in [9.17, 15) is 9.59 Å². The smallest absolute Gasteiger partial charge is 0.255 e. The molecule has 29 heavy (non-hydrogen) atoms. The average molecular weight is 411 g/mol. The first-order chi connectivity index (χ1) is 14.2. The fraction of sp³-hybridized carbons (Fsp3) is 0.391. The molecule has 1 fully saturated rings. The van der Waals surface area contributed by atoms with E-state index in [1.54, 1.807) is 17.8 Å². The van der Waals surface area contributed by atoms with Crippen LogP contribution in [0.5, 0.6) is 0 Å². The van der Waals surface area contributed by atoms with Gasteiger partial charge in [-0.15, -0.1) is 11.8 Å². The average Bonchev–Trinajstić information content (AvgIpc) is 3.37. The summed E-state index contributed by atoms with van der Waals surface area (Å²) < 4.78 is 5.67. The number of carbonyl (C=O) groups excluding carboxylic acids is 2. The molecule has 0 aromatic heterocycles. The quantitative estimate of drug-likeness (QED) is 0.710. The highest BCUT2D eigenvalue weighted by molar-refractivity contribution is 7.98. The highest BCUT2D eigenvalue weighted by Gasteiger charge is 2.33. The van der Waals surface area contributed by atoms with Crippen molar-refractivity contribution in [1.82, 2.24) is 10.2 Å². The van der Waals surface area contributed by atoms with Gasteiger partial charge in [0.1, 0.15) is 0 Å². The molecule has 2 aromatic rings. The number of nitrogens with one attached hydrogen (secondary N) is 1. The summed E-state index contributed by atoms with van der Waals surface area (Å²) in [5.74, 6) is -0.246. The molecule has 0 spiro atoms. The second-order valence-electron chi connectivity index (χ2n) is 7.51. The Balaban J connectivity index is 1.38. The molecule has 4 rings (SSSR count). The third kappa shape index (κ3) is 4.49. The van der Waals surface area contributed by atoms with E-state index >= 15 is 0 Å². The van der Waals surface area contributed by atoms with Crippen LogP contribution >= 0.6 is 11.8 Å². The molecule has 1 unspecified atom stereocenters. The minimum atomic E-state index is -0.185. The van der Waals surface area contributed by atoms with Crippen molar-refractivity contribution in [3.63, 3.8) is 0 Å². The Morgan fingerprint density at radius 2 is 2.07 bits per heavy atom. The van der Waals surface area contributed by atoms with Crippen LogP contribution in [0.15, 0.2) is 47.4 Å². The molecule has 152 valence electrons. The lowest BCUT2D eigenvalue weighted by atomic mass is 10.0. The van der Waals surface area contributed by atoms with Crippen molar-refractivity contribution in [3.8, 4) is 0 Å².